The van der Waals surface area contributed by atoms with Gasteiger partial charge in [0.15, 0.2) is 0 Å². The van der Waals surface area contributed by atoms with Crippen molar-refractivity contribution in [3.05, 3.63) is 30.1 Å². The van der Waals surface area contributed by atoms with Gasteiger partial charge < -0.3 is 14.6 Å². The van der Waals surface area contributed by atoms with E-state index in [0.29, 0.717) is 13.2 Å². The van der Waals surface area contributed by atoms with Gasteiger partial charge in [-0.25, -0.2) is 4.98 Å². The molecule has 0 atom stereocenters. The molecule has 1 aliphatic carbocycles. The zero-order chi connectivity index (χ0) is 13.9. The first-order valence-corrected chi connectivity index (χ1v) is 7.00. The van der Waals surface area contributed by atoms with Crippen molar-refractivity contribution in [2.24, 2.45) is 5.92 Å². The lowest BCUT2D eigenvalue weighted by molar-refractivity contribution is -0.122. The molecule has 1 fully saturated rings. The summed E-state index contributed by atoms with van der Waals surface area (Å²) in [5, 5.41) is 2.98. The van der Waals surface area contributed by atoms with Gasteiger partial charge in [0.05, 0.1) is 24.2 Å². The molecule has 106 valence electrons. The highest BCUT2D eigenvalue weighted by Gasteiger charge is 2.29. The normalized spacial score (nSPS) is 14.7. The lowest BCUT2D eigenvalue weighted by Gasteiger charge is -2.09. The van der Waals surface area contributed by atoms with Crippen LogP contribution in [0.1, 0.15) is 18.7 Å². The highest BCUT2D eigenvalue weighted by atomic mass is 16.5. The fourth-order valence-corrected chi connectivity index (χ4v) is 2.35. The van der Waals surface area contributed by atoms with Crippen LogP contribution in [0.15, 0.2) is 24.3 Å². The number of ether oxygens (including phenoxy) is 1. The number of nitrogens with one attached hydrogen (secondary N) is 1. The summed E-state index contributed by atoms with van der Waals surface area (Å²) in [4.78, 5) is 16.4. The Morgan fingerprint density at radius 1 is 1.45 bits per heavy atom. The van der Waals surface area contributed by atoms with Crippen LogP contribution in [-0.2, 0) is 22.6 Å². The van der Waals surface area contributed by atoms with E-state index in [-0.39, 0.29) is 11.8 Å². The van der Waals surface area contributed by atoms with Crippen molar-refractivity contribution in [2.45, 2.75) is 25.9 Å². The van der Waals surface area contributed by atoms with E-state index in [1.807, 2.05) is 24.3 Å². The zero-order valence-corrected chi connectivity index (χ0v) is 11.6. The number of nitrogens with zero attached hydrogens (tertiary/aromatic N) is 2. The van der Waals surface area contributed by atoms with Crippen LogP contribution in [0.25, 0.3) is 11.0 Å². The molecular formula is C15H19N3O2. The second-order valence-electron chi connectivity index (χ2n) is 5.15. The van der Waals surface area contributed by atoms with Crippen LogP contribution in [0.4, 0.5) is 0 Å². The smallest absolute Gasteiger partial charge is 0.223 e. The van der Waals surface area contributed by atoms with Gasteiger partial charge in [-0.15, -0.1) is 0 Å². The second-order valence-corrected chi connectivity index (χ2v) is 5.15. The number of carbonyl (C=O) groups excluding carboxylic acids is 1. The maximum Gasteiger partial charge on any atom is 0.223 e. The van der Waals surface area contributed by atoms with Crippen LogP contribution in [0.3, 0.4) is 0 Å². The average Bonchev–Trinajstić information content (AvgIpc) is 3.25. The minimum atomic E-state index is 0.148. The summed E-state index contributed by atoms with van der Waals surface area (Å²) in [6.07, 6.45) is 2.04. The summed E-state index contributed by atoms with van der Waals surface area (Å²) >= 11 is 0. The summed E-state index contributed by atoms with van der Waals surface area (Å²) < 4.78 is 7.27. The zero-order valence-electron chi connectivity index (χ0n) is 11.6. The fraction of sp³-hybridized carbons (Fsp3) is 0.467. The minimum absolute atomic E-state index is 0.148. The Hall–Kier alpha value is -1.88. The third kappa shape index (κ3) is 2.67. The summed E-state index contributed by atoms with van der Waals surface area (Å²) in [6, 6.07) is 8.01. The molecule has 5 nitrogen and oxygen atoms in total. The number of amides is 1. The van der Waals surface area contributed by atoms with E-state index in [9.17, 15) is 4.79 Å². The predicted octanol–water partition coefficient (Wildman–Crippen LogP) is 1.71. The number of benzene rings is 1. The van der Waals surface area contributed by atoms with Crippen LogP contribution in [0.5, 0.6) is 0 Å². The number of rotatable bonds is 6. The number of para-hydroxylation sites is 2. The molecule has 0 bridgehead atoms. The van der Waals surface area contributed by atoms with Crippen LogP contribution in [-0.4, -0.2) is 29.2 Å². The van der Waals surface area contributed by atoms with E-state index >= 15 is 0 Å². The summed E-state index contributed by atoms with van der Waals surface area (Å²) in [5.74, 6) is 1.26. The maximum absolute atomic E-state index is 11.7. The Morgan fingerprint density at radius 3 is 3.00 bits per heavy atom. The first-order valence-electron chi connectivity index (χ1n) is 7.00. The SMILES string of the molecule is COCCn1c(CNC(=O)C2CC2)nc2ccccc21. The molecule has 1 aromatic carbocycles. The van der Waals surface area contributed by atoms with Gasteiger partial charge in [-0.1, -0.05) is 12.1 Å². The molecule has 3 rings (SSSR count). The van der Waals surface area contributed by atoms with Crippen LogP contribution in [0.2, 0.25) is 0 Å². The number of hydrogen-bond donors (Lipinski definition) is 1. The molecule has 5 heteroatoms. The van der Waals surface area contributed by atoms with E-state index in [1.165, 1.54) is 0 Å². The first kappa shape index (κ1) is 13.1. The standard InChI is InChI=1S/C15H19N3O2/c1-20-9-8-18-13-5-3-2-4-12(13)17-14(18)10-16-15(19)11-6-7-11/h2-5,11H,6-10H2,1H3,(H,16,19). The van der Waals surface area contributed by atoms with Gasteiger partial charge in [-0.3, -0.25) is 4.79 Å². The molecule has 2 aromatic rings. The van der Waals surface area contributed by atoms with Gasteiger partial charge in [0.1, 0.15) is 5.82 Å². The monoisotopic (exact) mass is 273 g/mol. The van der Waals surface area contributed by atoms with E-state index in [0.717, 1.165) is 36.2 Å². The van der Waals surface area contributed by atoms with Gasteiger partial charge in [0.2, 0.25) is 5.91 Å². The Morgan fingerprint density at radius 2 is 2.25 bits per heavy atom. The van der Waals surface area contributed by atoms with Gasteiger partial charge >= 0.3 is 0 Å². The molecule has 0 saturated heterocycles. The van der Waals surface area contributed by atoms with Gasteiger partial charge in [0.25, 0.3) is 0 Å². The lowest BCUT2D eigenvalue weighted by Crippen LogP contribution is -2.26. The number of carbonyl (C=O) groups is 1. The summed E-state index contributed by atoms with van der Waals surface area (Å²) in [5.41, 5.74) is 2.04. The average molecular weight is 273 g/mol. The van der Waals surface area contributed by atoms with E-state index < -0.39 is 0 Å². The molecule has 1 amide bonds. The van der Waals surface area contributed by atoms with E-state index in [2.05, 4.69) is 14.9 Å². The molecule has 0 spiro atoms. The van der Waals surface area contributed by atoms with E-state index in [4.69, 9.17) is 4.74 Å². The number of methoxy groups -OCH3 is 1. The Balaban J connectivity index is 1.81. The summed E-state index contributed by atoms with van der Waals surface area (Å²) in [6.45, 7) is 1.85. The van der Waals surface area contributed by atoms with Gasteiger partial charge in [-0.05, 0) is 25.0 Å². The van der Waals surface area contributed by atoms with Crippen molar-refractivity contribution in [2.75, 3.05) is 13.7 Å². The highest BCUT2D eigenvalue weighted by molar-refractivity contribution is 5.81. The second kappa shape index (κ2) is 5.63. The van der Waals surface area contributed by atoms with Crippen molar-refractivity contribution >= 4 is 16.9 Å². The Kier molecular flexibility index (Phi) is 3.69. The Labute approximate surface area is 117 Å². The molecule has 0 aliphatic heterocycles. The van der Waals surface area contributed by atoms with Crippen LogP contribution < -0.4 is 5.32 Å². The maximum atomic E-state index is 11.7. The van der Waals surface area contributed by atoms with Crippen molar-refractivity contribution in [1.82, 2.24) is 14.9 Å². The van der Waals surface area contributed by atoms with Crippen molar-refractivity contribution in [3.8, 4) is 0 Å². The molecular weight excluding hydrogens is 254 g/mol. The number of hydrogen-bond acceptors (Lipinski definition) is 3. The van der Waals surface area contributed by atoms with Crippen LogP contribution >= 0.6 is 0 Å². The topological polar surface area (TPSA) is 56.1 Å². The van der Waals surface area contributed by atoms with E-state index in [1.54, 1.807) is 7.11 Å². The third-order valence-electron chi connectivity index (χ3n) is 3.62. The van der Waals surface area contributed by atoms with Crippen molar-refractivity contribution in [1.29, 1.82) is 0 Å². The molecule has 1 saturated carbocycles. The van der Waals surface area contributed by atoms with Crippen molar-refractivity contribution in [3.63, 3.8) is 0 Å². The molecule has 1 aliphatic rings. The molecule has 1 N–H and O–H groups in total. The third-order valence-corrected chi connectivity index (χ3v) is 3.62. The summed E-state index contributed by atoms with van der Waals surface area (Å²) in [7, 11) is 1.69. The van der Waals surface area contributed by atoms with Crippen LogP contribution in [0, 0.1) is 5.92 Å². The quantitative estimate of drug-likeness (QED) is 0.871. The predicted molar refractivity (Wildman–Crippen MR) is 76.2 cm³/mol. The molecule has 1 aromatic heterocycles. The molecule has 0 unspecified atom stereocenters. The largest absolute Gasteiger partial charge is 0.383 e. The highest BCUT2D eigenvalue weighted by Crippen LogP contribution is 2.28. The Bertz CT molecular complexity index is 617. The molecule has 20 heavy (non-hydrogen) atoms. The fourth-order valence-electron chi connectivity index (χ4n) is 2.35. The number of fused-ring (bicyclic) bond motifs is 1. The molecule has 1 heterocycles. The molecule has 0 radical (unpaired) electrons. The minimum Gasteiger partial charge on any atom is -0.383 e. The van der Waals surface area contributed by atoms with Crippen molar-refractivity contribution < 1.29 is 9.53 Å². The van der Waals surface area contributed by atoms with Gasteiger partial charge in [0, 0.05) is 19.6 Å². The number of imidazole rings is 1. The lowest BCUT2D eigenvalue weighted by atomic mass is 10.3. The first-order chi connectivity index (χ1) is 9.79. The number of aromatic nitrogens is 2. The van der Waals surface area contributed by atoms with Gasteiger partial charge in [-0.2, -0.15) is 0 Å².